The third-order valence-corrected chi connectivity index (χ3v) is 3.33. The highest BCUT2D eigenvalue weighted by molar-refractivity contribution is 5.94. The lowest BCUT2D eigenvalue weighted by atomic mass is 10.0. The van der Waals surface area contributed by atoms with Crippen molar-refractivity contribution in [3.63, 3.8) is 0 Å². The van der Waals surface area contributed by atoms with Crippen LogP contribution in [-0.2, 0) is 4.79 Å². The molecule has 0 radical (unpaired) electrons. The van der Waals surface area contributed by atoms with Crippen molar-refractivity contribution in [1.29, 1.82) is 0 Å². The van der Waals surface area contributed by atoms with Gasteiger partial charge in [-0.25, -0.2) is 0 Å². The summed E-state index contributed by atoms with van der Waals surface area (Å²) in [5.74, 6) is 0.572. The number of benzene rings is 1. The van der Waals surface area contributed by atoms with Crippen molar-refractivity contribution >= 4 is 11.6 Å². The van der Waals surface area contributed by atoms with Crippen LogP contribution in [0, 0.1) is 13.8 Å². The van der Waals surface area contributed by atoms with Gasteiger partial charge in [0.25, 0.3) is 0 Å². The quantitative estimate of drug-likeness (QED) is 0.928. The summed E-state index contributed by atoms with van der Waals surface area (Å²) in [6, 6.07) is 9.29. The van der Waals surface area contributed by atoms with E-state index in [1.807, 2.05) is 37.3 Å². The van der Waals surface area contributed by atoms with Crippen LogP contribution in [0.3, 0.4) is 0 Å². The first-order valence-corrected chi connectivity index (χ1v) is 6.50. The van der Waals surface area contributed by atoms with Gasteiger partial charge in [-0.2, -0.15) is 0 Å². The van der Waals surface area contributed by atoms with Crippen molar-refractivity contribution in [3.05, 3.63) is 47.3 Å². The van der Waals surface area contributed by atoms with Gasteiger partial charge in [0.05, 0.1) is 0 Å². The number of nitrogens with two attached hydrogens (primary N) is 1. The minimum atomic E-state index is -0.313. The first-order chi connectivity index (χ1) is 9.50. The zero-order chi connectivity index (χ0) is 14.7. The maximum atomic E-state index is 12.3. The Balaban J connectivity index is 2.09. The van der Waals surface area contributed by atoms with Gasteiger partial charge >= 0.3 is 0 Å². The summed E-state index contributed by atoms with van der Waals surface area (Å²) >= 11 is 0. The molecule has 0 aliphatic carbocycles. The Morgan fingerprint density at radius 3 is 2.55 bits per heavy atom. The second kappa shape index (κ2) is 5.88. The van der Waals surface area contributed by atoms with Crippen LogP contribution in [0.4, 0.5) is 5.69 Å². The number of anilines is 1. The molecule has 2 aromatic rings. The molecule has 5 nitrogen and oxygen atoms in total. The number of nitrogens with zero attached hydrogens (tertiary/aromatic N) is 2. The number of aromatic nitrogens is 1. The van der Waals surface area contributed by atoms with E-state index >= 15 is 0 Å². The highest BCUT2D eigenvalue weighted by Crippen LogP contribution is 2.24. The van der Waals surface area contributed by atoms with Gasteiger partial charge in [0.1, 0.15) is 11.4 Å². The second-order valence-corrected chi connectivity index (χ2v) is 4.85. The average Bonchev–Trinajstić information content (AvgIpc) is 2.78. The molecule has 1 atom stereocenters. The zero-order valence-corrected chi connectivity index (χ0v) is 12.0. The zero-order valence-electron chi connectivity index (χ0n) is 12.0. The van der Waals surface area contributed by atoms with E-state index in [0.717, 1.165) is 11.3 Å². The number of carbonyl (C=O) groups excluding carboxylic acids is 1. The predicted octanol–water partition coefficient (Wildman–Crippen LogP) is 2.34. The van der Waals surface area contributed by atoms with Gasteiger partial charge in [-0.1, -0.05) is 35.5 Å². The molecule has 2 N–H and O–H groups in total. The number of amides is 1. The fourth-order valence-corrected chi connectivity index (χ4v) is 2.22. The first-order valence-electron chi connectivity index (χ1n) is 6.50. The Morgan fingerprint density at radius 2 is 2.00 bits per heavy atom. The standard InChI is InChI=1S/C15H19N3O2/c1-10-15(11(2)20-17-10)18(3)14(19)9-13(16)12-7-5-4-6-8-12/h4-8,13H,9,16H2,1-3H3. The second-order valence-electron chi connectivity index (χ2n) is 4.85. The normalized spacial score (nSPS) is 12.2. The van der Waals surface area contributed by atoms with Crippen molar-refractivity contribution < 1.29 is 9.32 Å². The van der Waals surface area contributed by atoms with Crippen molar-refractivity contribution in [2.45, 2.75) is 26.3 Å². The van der Waals surface area contributed by atoms with E-state index in [2.05, 4.69) is 5.16 Å². The van der Waals surface area contributed by atoms with Crippen LogP contribution in [0.5, 0.6) is 0 Å². The van der Waals surface area contributed by atoms with Crippen molar-refractivity contribution in [2.24, 2.45) is 5.73 Å². The van der Waals surface area contributed by atoms with E-state index in [9.17, 15) is 4.79 Å². The molecule has 1 aromatic heterocycles. The van der Waals surface area contributed by atoms with Gasteiger partial charge < -0.3 is 15.2 Å². The topological polar surface area (TPSA) is 72.4 Å². The lowest BCUT2D eigenvalue weighted by Gasteiger charge is -2.19. The Morgan fingerprint density at radius 1 is 1.35 bits per heavy atom. The largest absolute Gasteiger partial charge is 0.359 e. The summed E-state index contributed by atoms with van der Waals surface area (Å²) in [4.78, 5) is 13.9. The van der Waals surface area contributed by atoms with Crippen LogP contribution in [0.1, 0.15) is 29.5 Å². The van der Waals surface area contributed by atoms with Gasteiger partial charge in [-0.3, -0.25) is 4.79 Å². The van der Waals surface area contributed by atoms with Crippen LogP contribution in [0.2, 0.25) is 0 Å². The summed E-state index contributed by atoms with van der Waals surface area (Å²) in [5, 5.41) is 3.86. The molecule has 20 heavy (non-hydrogen) atoms. The highest BCUT2D eigenvalue weighted by atomic mass is 16.5. The minimum absolute atomic E-state index is 0.0595. The molecule has 1 amide bonds. The van der Waals surface area contributed by atoms with Crippen LogP contribution in [0.25, 0.3) is 0 Å². The van der Waals surface area contributed by atoms with Gasteiger partial charge in [0, 0.05) is 19.5 Å². The summed E-state index contributed by atoms with van der Waals surface area (Å²) in [5.41, 5.74) is 8.45. The summed E-state index contributed by atoms with van der Waals surface area (Å²) in [6.45, 7) is 3.60. The third kappa shape index (κ3) is 2.88. The maximum Gasteiger partial charge on any atom is 0.228 e. The fraction of sp³-hybridized carbons (Fsp3) is 0.333. The monoisotopic (exact) mass is 273 g/mol. The van der Waals surface area contributed by atoms with Gasteiger partial charge in [-0.05, 0) is 19.4 Å². The van der Waals surface area contributed by atoms with Gasteiger partial charge in [-0.15, -0.1) is 0 Å². The predicted molar refractivity (Wildman–Crippen MR) is 77.4 cm³/mol. The Hall–Kier alpha value is -2.14. The summed E-state index contributed by atoms with van der Waals surface area (Å²) in [6.07, 6.45) is 0.241. The number of aryl methyl sites for hydroxylation is 2. The first kappa shape index (κ1) is 14.3. The molecule has 0 saturated heterocycles. The molecule has 106 valence electrons. The molecule has 1 aromatic carbocycles. The summed E-state index contributed by atoms with van der Waals surface area (Å²) in [7, 11) is 1.71. The average molecular weight is 273 g/mol. The molecule has 0 bridgehead atoms. The number of hydrogen-bond acceptors (Lipinski definition) is 4. The molecule has 0 fully saturated rings. The lowest BCUT2D eigenvalue weighted by Crippen LogP contribution is -2.30. The Labute approximate surface area is 118 Å². The Kier molecular flexibility index (Phi) is 4.20. The molecule has 0 aliphatic rings. The van der Waals surface area contributed by atoms with Gasteiger partial charge in [0.15, 0.2) is 5.76 Å². The van der Waals surface area contributed by atoms with E-state index in [-0.39, 0.29) is 18.4 Å². The van der Waals surface area contributed by atoms with Crippen LogP contribution in [0.15, 0.2) is 34.9 Å². The number of carbonyl (C=O) groups is 1. The Bertz CT molecular complexity index is 573. The van der Waals surface area contributed by atoms with E-state index < -0.39 is 0 Å². The summed E-state index contributed by atoms with van der Waals surface area (Å²) < 4.78 is 5.08. The minimum Gasteiger partial charge on any atom is -0.359 e. The van der Waals surface area contributed by atoms with Crippen molar-refractivity contribution in [3.8, 4) is 0 Å². The molecule has 2 rings (SSSR count). The molecule has 0 saturated carbocycles. The van der Waals surface area contributed by atoms with Crippen LogP contribution >= 0.6 is 0 Å². The smallest absolute Gasteiger partial charge is 0.228 e. The van der Waals surface area contributed by atoms with Crippen LogP contribution in [-0.4, -0.2) is 18.1 Å². The molecule has 1 unspecified atom stereocenters. The SMILES string of the molecule is Cc1noc(C)c1N(C)C(=O)CC(N)c1ccccc1. The molecule has 0 aliphatic heterocycles. The third-order valence-electron chi connectivity index (χ3n) is 3.33. The fourth-order valence-electron chi connectivity index (χ4n) is 2.22. The molecule has 5 heteroatoms. The number of rotatable bonds is 4. The highest BCUT2D eigenvalue weighted by Gasteiger charge is 2.21. The van der Waals surface area contributed by atoms with E-state index in [0.29, 0.717) is 11.5 Å². The van der Waals surface area contributed by atoms with E-state index in [1.54, 1.807) is 18.9 Å². The molecule has 1 heterocycles. The van der Waals surface area contributed by atoms with Crippen molar-refractivity contribution in [2.75, 3.05) is 11.9 Å². The molecule has 0 spiro atoms. The number of hydrogen-bond donors (Lipinski definition) is 1. The van der Waals surface area contributed by atoms with Crippen LogP contribution < -0.4 is 10.6 Å². The lowest BCUT2D eigenvalue weighted by molar-refractivity contribution is -0.118. The van der Waals surface area contributed by atoms with Gasteiger partial charge in [0.2, 0.25) is 5.91 Å². The molecular formula is C15H19N3O2. The van der Waals surface area contributed by atoms with E-state index in [1.165, 1.54) is 0 Å². The molecular weight excluding hydrogens is 254 g/mol. The maximum absolute atomic E-state index is 12.3. The van der Waals surface area contributed by atoms with E-state index in [4.69, 9.17) is 10.3 Å². The van der Waals surface area contributed by atoms with Crippen molar-refractivity contribution in [1.82, 2.24) is 5.16 Å².